The van der Waals surface area contributed by atoms with Crippen LogP contribution in [0.5, 0.6) is 5.75 Å². The van der Waals surface area contributed by atoms with Gasteiger partial charge in [-0.3, -0.25) is 0 Å². The Bertz CT molecular complexity index is 526. The van der Waals surface area contributed by atoms with Crippen molar-refractivity contribution in [1.82, 2.24) is 0 Å². The van der Waals surface area contributed by atoms with E-state index in [1.54, 1.807) is 0 Å². The Balaban J connectivity index is 1.84. The van der Waals surface area contributed by atoms with Crippen LogP contribution in [0.25, 0.3) is 0 Å². The molecule has 19 heavy (non-hydrogen) atoms. The monoisotopic (exact) mass is 260 g/mol. The van der Waals surface area contributed by atoms with Gasteiger partial charge in [-0.25, -0.2) is 4.57 Å². The molecule has 0 aliphatic heterocycles. The first-order valence-electron chi connectivity index (χ1n) is 6.32. The third kappa shape index (κ3) is 4.35. The van der Waals surface area contributed by atoms with Crippen LogP contribution >= 0.6 is 0 Å². The highest BCUT2D eigenvalue weighted by atomic mass is 16.5. The zero-order valence-electron chi connectivity index (χ0n) is 11.1. The quantitative estimate of drug-likeness (QED) is 0.773. The van der Waals surface area contributed by atoms with Crippen LogP contribution in [0.4, 0.5) is 5.69 Å². The molecule has 4 N–H and O–H groups in total. The average Bonchev–Trinajstić information content (AvgIpc) is 2.38. The molecule has 4 heteroatoms. The largest absolute Gasteiger partial charge is 0.491 e. The van der Waals surface area contributed by atoms with Crippen LogP contribution in [0.15, 0.2) is 48.8 Å². The number of hydrogen-bond donors (Lipinski definition) is 2. The molecule has 1 aromatic heterocycles. The number of pyridine rings is 1. The van der Waals surface area contributed by atoms with E-state index in [1.165, 1.54) is 5.56 Å². The van der Waals surface area contributed by atoms with Crippen LogP contribution in [-0.4, -0.2) is 17.8 Å². The van der Waals surface area contributed by atoms with E-state index < -0.39 is 6.10 Å². The molecule has 100 valence electrons. The van der Waals surface area contributed by atoms with Crippen LogP contribution in [0.2, 0.25) is 0 Å². The van der Waals surface area contributed by atoms with Gasteiger partial charge in [0.15, 0.2) is 18.9 Å². The highest BCUT2D eigenvalue weighted by Gasteiger charge is 2.11. The molecule has 0 amide bonds. The second kappa shape index (κ2) is 6.31. The van der Waals surface area contributed by atoms with Gasteiger partial charge < -0.3 is 15.6 Å². The first-order chi connectivity index (χ1) is 9.13. The average molecular weight is 260 g/mol. The van der Waals surface area contributed by atoms with Crippen LogP contribution < -0.4 is 15.0 Å². The molecule has 1 aromatic carbocycles. The molecule has 0 aliphatic carbocycles. The van der Waals surface area contributed by atoms with Crippen molar-refractivity contribution in [2.75, 3.05) is 6.61 Å². The maximum Gasteiger partial charge on any atom is 0.177 e. The van der Waals surface area contributed by atoms with Crippen LogP contribution in [0.3, 0.4) is 0 Å². The summed E-state index contributed by atoms with van der Waals surface area (Å²) in [5.74, 6) is 0.751. The topological polar surface area (TPSA) is 61.0 Å². The number of aryl methyl sites for hydroxylation is 1. The smallest absolute Gasteiger partial charge is 0.177 e. The molecule has 1 atom stereocenters. The number of nitrogens with zero attached hydrogens (tertiary/aromatic N) is 1. The summed E-state index contributed by atoms with van der Waals surface area (Å²) in [4.78, 5) is 0. The van der Waals surface area contributed by atoms with E-state index in [0.717, 1.165) is 11.4 Å². The van der Waals surface area contributed by atoms with E-state index in [2.05, 4.69) is 5.73 Å². The Morgan fingerprint density at radius 1 is 1.26 bits per heavy atom. The summed E-state index contributed by atoms with van der Waals surface area (Å²) in [7, 11) is 0. The fraction of sp³-hybridized carbons (Fsp3) is 0.267. The molecule has 4 nitrogen and oxygen atoms in total. The van der Waals surface area contributed by atoms with Gasteiger partial charge in [0.05, 0.1) is 0 Å². The van der Waals surface area contributed by atoms with Gasteiger partial charge >= 0.3 is 0 Å². The minimum absolute atomic E-state index is 0.275. The van der Waals surface area contributed by atoms with Crippen molar-refractivity contribution in [3.05, 3.63) is 54.4 Å². The Morgan fingerprint density at radius 2 is 2.00 bits per heavy atom. The molecule has 2 aromatic rings. The second-order valence-corrected chi connectivity index (χ2v) is 4.69. The molecule has 0 fully saturated rings. The fourth-order valence-electron chi connectivity index (χ4n) is 1.84. The third-order valence-electron chi connectivity index (χ3n) is 2.79. The molecule has 1 unspecified atom stereocenters. The molecule has 0 aliphatic rings. The predicted octanol–water partition coefficient (Wildman–Crippen LogP) is 0.596. The Labute approximate surface area is 113 Å². The van der Waals surface area contributed by atoms with Gasteiger partial charge in [-0.2, -0.15) is 0 Å². The molecule has 0 radical (unpaired) electrons. The number of aliphatic hydroxyl groups excluding tert-OH is 1. The standard InChI is InChI=1S/C15H19N2O2/c1-12-3-2-8-17(9-12)10-14(18)11-19-15-6-4-13(16)5-7-15/h2-9,14,18H,10-11,16H2,1H3/q+1/p+1. The summed E-state index contributed by atoms with van der Waals surface area (Å²) < 4.78 is 7.49. The Morgan fingerprint density at radius 3 is 2.68 bits per heavy atom. The van der Waals surface area contributed by atoms with Gasteiger partial charge in [0, 0.05) is 23.8 Å². The summed E-state index contributed by atoms with van der Waals surface area (Å²) in [6.07, 6.45) is 3.40. The van der Waals surface area contributed by atoms with Gasteiger partial charge in [0.25, 0.3) is 0 Å². The lowest BCUT2D eigenvalue weighted by Gasteiger charge is -2.10. The third-order valence-corrected chi connectivity index (χ3v) is 2.79. The minimum atomic E-state index is -0.536. The lowest BCUT2D eigenvalue weighted by atomic mass is 10.3. The van der Waals surface area contributed by atoms with Crippen molar-refractivity contribution >= 4 is 5.69 Å². The lowest BCUT2D eigenvalue weighted by Crippen LogP contribution is -2.41. The van der Waals surface area contributed by atoms with Gasteiger partial charge in [-0.15, -0.1) is 0 Å². The van der Waals surface area contributed by atoms with E-state index in [1.807, 2.05) is 60.3 Å². The van der Waals surface area contributed by atoms with Gasteiger partial charge in [-0.1, -0.05) is 0 Å². The molecule has 1 heterocycles. The number of rotatable bonds is 5. The molecule has 0 spiro atoms. The van der Waals surface area contributed by atoms with Crippen LogP contribution in [0.1, 0.15) is 5.56 Å². The minimum Gasteiger partial charge on any atom is -0.491 e. The van der Waals surface area contributed by atoms with E-state index >= 15 is 0 Å². The summed E-state index contributed by atoms with van der Waals surface area (Å²) in [6, 6.07) is 11.5. The van der Waals surface area contributed by atoms with E-state index in [9.17, 15) is 5.11 Å². The maximum atomic E-state index is 9.95. The van der Waals surface area contributed by atoms with Crippen molar-refractivity contribution in [1.29, 1.82) is 0 Å². The van der Waals surface area contributed by atoms with Crippen LogP contribution in [0, 0.1) is 6.92 Å². The molecule has 2 rings (SSSR count). The number of aromatic nitrogens is 1. The molecule has 0 saturated heterocycles. The zero-order valence-corrected chi connectivity index (χ0v) is 11.1. The van der Waals surface area contributed by atoms with E-state index in [0.29, 0.717) is 6.54 Å². The van der Waals surface area contributed by atoms with E-state index in [-0.39, 0.29) is 6.61 Å². The molecular weight excluding hydrogens is 240 g/mol. The number of quaternary nitrogens is 1. The highest BCUT2D eigenvalue weighted by Crippen LogP contribution is 2.12. The Hall–Kier alpha value is -1.91. The first-order valence-corrected chi connectivity index (χ1v) is 6.32. The molecular formula is C15H20N2O2+2. The van der Waals surface area contributed by atoms with Crippen molar-refractivity contribution in [2.24, 2.45) is 0 Å². The van der Waals surface area contributed by atoms with Gasteiger partial charge in [0.2, 0.25) is 0 Å². The number of benzene rings is 1. The second-order valence-electron chi connectivity index (χ2n) is 4.69. The number of hydrogen-bond acceptors (Lipinski definition) is 2. The number of aliphatic hydroxyl groups is 1. The zero-order chi connectivity index (χ0) is 13.7. The van der Waals surface area contributed by atoms with Gasteiger partial charge in [-0.05, 0) is 25.1 Å². The lowest BCUT2D eigenvalue weighted by molar-refractivity contribution is -0.704. The summed E-state index contributed by atoms with van der Waals surface area (Å²) >= 11 is 0. The SMILES string of the molecule is Cc1ccc[n+](CC(O)COc2ccc([NH3+])cc2)c1. The summed E-state index contributed by atoms with van der Waals surface area (Å²) in [5.41, 5.74) is 5.93. The first kappa shape index (κ1) is 13.5. The number of ether oxygens (including phenoxy) is 1. The molecule has 0 bridgehead atoms. The highest BCUT2D eigenvalue weighted by molar-refractivity contribution is 5.34. The van der Waals surface area contributed by atoms with Crippen molar-refractivity contribution < 1.29 is 20.1 Å². The summed E-state index contributed by atoms with van der Waals surface area (Å²) in [6.45, 7) is 2.83. The molecule has 0 saturated carbocycles. The maximum absolute atomic E-state index is 9.95. The van der Waals surface area contributed by atoms with Crippen LogP contribution in [-0.2, 0) is 6.54 Å². The normalized spacial score (nSPS) is 12.2. The van der Waals surface area contributed by atoms with Crippen molar-refractivity contribution in [3.8, 4) is 5.75 Å². The van der Waals surface area contributed by atoms with Crippen molar-refractivity contribution in [2.45, 2.75) is 19.6 Å². The van der Waals surface area contributed by atoms with Crippen molar-refractivity contribution in [3.63, 3.8) is 0 Å². The predicted molar refractivity (Wildman–Crippen MR) is 71.9 cm³/mol. The Kier molecular flexibility index (Phi) is 4.49. The summed E-state index contributed by atoms with van der Waals surface area (Å²) in [5, 5.41) is 9.95. The van der Waals surface area contributed by atoms with Gasteiger partial charge in [0.1, 0.15) is 24.1 Å². The van der Waals surface area contributed by atoms with E-state index in [4.69, 9.17) is 4.74 Å². The fourth-order valence-corrected chi connectivity index (χ4v) is 1.84.